The average Bonchev–Trinajstić information content (AvgIpc) is 2.85. The zero-order chi connectivity index (χ0) is 9.80. The Hall–Kier alpha value is -1.03. The lowest BCUT2D eigenvalue weighted by Crippen LogP contribution is -2.17. The van der Waals surface area contributed by atoms with Gasteiger partial charge in [0.15, 0.2) is 0 Å². The largest absolute Gasteiger partial charge is 0.432 e. The molecule has 0 unspecified atom stereocenters. The molecule has 1 aliphatic rings. The minimum absolute atomic E-state index is 0.714. The van der Waals surface area contributed by atoms with Crippen LogP contribution >= 0.6 is 0 Å². The molecular weight excluding hydrogens is 178 g/mol. The summed E-state index contributed by atoms with van der Waals surface area (Å²) in [5.41, 5.74) is 6.46. The number of nitrogens with zero attached hydrogens (tertiary/aromatic N) is 2. The highest BCUT2D eigenvalue weighted by molar-refractivity contribution is 5.28. The number of aryl methyl sites for hydroxylation is 1. The van der Waals surface area contributed by atoms with E-state index in [0.29, 0.717) is 6.54 Å². The molecule has 2 rings (SSSR count). The lowest BCUT2D eigenvalue weighted by atomic mass is 10.2. The predicted molar refractivity (Wildman–Crippen MR) is 55.3 cm³/mol. The second-order valence-corrected chi connectivity index (χ2v) is 3.71. The first-order valence-electron chi connectivity index (χ1n) is 5.29. The topological polar surface area (TPSA) is 55.3 Å². The van der Waals surface area contributed by atoms with Crippen molar-refractivity contribution in [1.29, 1.82) is 0 Å². The van der Waals surface area contributed by atoms with Gasteiger partial charge in [-0.05, 0) is 32.2 Å². The van der Waals surface area contributed by atoms with Gasteiger partial charge in [-0.25, -0.2) is 0 Å². The van der Waals surface area contributed by atoms with Crippen molar-refractivity contribution in [3.8, 4) is 0 Å². The third-order valence-electron chi connectivity index (χ3n) is 2.55. The van der Waals surface area contributed by atoms with E-state index in [2.05, 4.69) is 9.88 Å². The number of anilines is 1. The summed E-state index contributed by atoms with van der Waals surface area (Å²) in [6, 6.07) is 0.787. The molecule has 1 aromatic rings. The highest BCUT2D eigenvalue weighted by atomic mass is 16.4. The molecule has 0 aliphatic carbocycles. The van der Waals surface area contributed by atoms with E-state index in [1.54, 1.807) is 6.26 Å². The van der Waals surface area contributed by atoms with Crippen LogP contribution in [-0.4, -0.2) is 24.6 Å². The smallest absolute Gasteiger partial charge is 0.297 e. The molecule has 14 heavy (non-hydrogen) atoms. The Balaban J connectivity index is 1.94. The molecule has 0 amide bonds. The van der Waals surface area contributed by atoms with Crippen LogP contribution in [0.25, 0.3) is 0 Å². The molecule has 0 radical (unpaired) electrons. The number of oxazole rings is 1. The fraction of sp³-hybridized carbons (Fsp3) is 0.700. The molecule has 78 valence electrons. The molecule has 0 bridgehead atoms. The molecule has 2 heterocycles. The Kier molecular flexibility index (Phi) is 3.03. The van der Waals surface area contributed by atoms with Crippen molar-refractivity contribution in [3.63, 3.8) is 0 Å². The second kappa shape index (κ2) is 4.46. The number of rotatable bonds is 4. The van der Waals surface area contributed by atoms with Crippen molar-refractivity contribution in [3.05, 3.63) is 12.0 Å². The maximum Gasteiger partial charge on any atom is 0.297 e. The predicted octanol–water partition coefficient (Wildman–Crippen LogP) is 1.17. The summed E-state index contributed by atoms with van der Waals surface area (Å²) in [7, 11) is 0. The molecule has 1 fully saturated rings. The zero-order valence-electron chi connectivity index (χ0n) is 8.41. The fourth-order valence-corrected chi connectivity index (χ4v) is 1.75. The van der Waals surface area contributed by atoms with Crippen LogP contribution in [0.1, 0.15) is 25.0 Å². The minimum atomic E-state index is 0.714. The molecule has 2 N–H and O–H groups in total. The number of nitrogens with two attached hydrogens (primary N) is 1. The van der Waals surface area contributed by atoms with E-state index in [-0.39, 0.29) is 0 Å². The number of hydrogen-bond donors (Lipinski definition) is 1. The van der Waals surface area contributed by atoms with Gasteiger partial charge in [0.25, 0.3) is 6.01 Å². The minimum Gasteiger partial charge on any atom is -0.432 e. The summed E-state index contributed by atoms with van der Waals surface area (Å²) in [5.74, 6) is 0. The lowest BCUT2D eigenvalue weighted by molar-refractivity contribution is 0.546. The maximum absolute atomic E-state index is 5.44. The van der Waals surface area contributed by atoms with Crippen LogP contribution < -0.4 is 10.6 Å². The Morgan fingerprint density at radius 1 is 1.43 bits per heavy atom. The number of aromatic nitrogens is 1. The van der Waals surface area contributed by atoms with Crippen LogP contribution in [0.15, 0.2) is 10.7 Å². The van der Waals surface area contributed by atoms with E-state index in [0.717, 1.165) is 37.6 Å². The first-order chi connectivity index (χ1) is 6.90. The van der Waals surface area contributed by atoms with Crippen LogP contribution in [0.3, 0.4) is 0 Å². The van der Waals surface area contributed by atoms with E-state index < -0.39 is 0 Å². The quantitative estimate of drug-likeness (QED) is 0.783. The molecule has 0 saturated carbocycles. The van der Waals surface area contributed by atoms with Crippen LogP contribution in [0.5, 0.6) is 0 Å². The van der Waals surface area contributed by atoms with E-state index in [4.69, 9.17) is 10.2 Å². The van der Waals surface area contributed by atoms with E-state index >= 15 is 0 Å². The first kappa shape index (κ1) is 9.52. The molecular formula is C10H17N3O. The first-order valence-corrected chi connectivity index (χ1v) is 5.29. The van der Waals surface area contributed by atoms with Gasteiger partial charge in [-0.15, -0.1) is 0 Å². The van der Waals surface area contributed by atoms with Crippen molar-refractivity contribution in [1.82, 2.24) is 4.98 Å². The standard InChI is InChI=1S/C10H17N3O/c11-5-3-4-9-8-14-10(12-9)13-6-1-2-7-13/h8H,1-7,11H2. The lowest BCUT2D eigenvalue weighted by Gasteiger charge is -2.10. The molecule has 0 aromatic carbocycles. The van der Waals surface area contributed by atoms with E-state index in [1.807, 2.05) is 0 Å². The van der Waals surface area contributed by atoms with Crippen molar-refractivity contribution in [2.75, 3.05) is 24.5 Å². The van der Waals surface area contributed by atoms with Crippen LogP contribution in [0, 0.1) is 0 Å². The third kappa shape index (κ3) is 2.07. The molecule has 0 spiro atoms. The summed E-state index contributed by atoms with van der Waals surface area (Å²) in [6.07, 6.45) is 6.16. The second-order valence-electron chi connectivity index (χ2n) is 3.71. The monoisotopic (exact) mass is 195 g/mol. The van der Waals surface area contributed by atoms with Gasteiger partial charge in [-0.1, -0.05) is 0 Å². The highest BCUT2D eigenvalue weighted by Crippen LogP contribution is 2.19. The number of hydrogen-bond acceptors (Lipinski definition) is 4. The Bertz CT molecular complexity index is 279. The molecule has 4 heteroatoms. The van der Waals surface area contributed by atoms with E-state index in [1.165, 1.54) is 12.8 Å². The summed E-state index contributed by atoms with van der Waals surface area (Å²) >= 11 is 0. The molecule has 0 atom stereocenters. The Morgan fingerprint density at radius 2 is 2.21 bits per heavy atom. The van der Waals surface area contributed by atoms with Gasteiger partial charge in [0.1, 0.15) is 6.26 Å². The van der Waals surface area contributed by atoms with E-state index in [9.17, 15) is 0 Å². The Labute approximate surface area is 84.1 Å². The van der Waals surface area contributed by atoms with Crippen LogP contribution in [0.4, 0.5) is 6.01 Å². The molecule has 4 nitrogen and oxygen atoms in total. The normalized spacial score (nSPS) is 16.5. The van der Waals surface area contributed by atoms with Gasteiger partial charge in [-0.3, -0.25) is 0 Å². The van der Waals surface area contributed by atoms with Gasteiger partial charge in [0.2, 0.25) is 0 Å². The summed E-state index contributed by atoms with van der Waals surface area (Å²) in [4.78, 5) is 6.63. The Morgan fingerprint density at radius 3 is 2.93 bits per heavy atom. The van der Waals surface area contributed by atoms with Crippen molar-refractivity contribution < 1.29 is 4.42 Å². The summed E-state index contributed by atoms with van der Waals surface area (Å²) in [5, 5.41) is 0. The van der Waals surface area contributed by atoms with Crippen molar-refractivity contribution >= 4 is 6.01 Å². The maximum atomic E-state index is 5.44. The van der Waals surface area contributed by atoms with Crippen LogP contribution in [0.2, 0.25) is 0 Å². The zero-order valence-corrected chi connectivity index (χ0v) is 8.41. The molecule has 1 aromatic heterocycles. The van der Waals surface area contributed by atoms with Gasteiger partial charge < -0.3 is 15.1 Å². The summed E-state index contributed by atoms with van der Waals surface area (Å²) in [6.45, 7) is 2.87. The molecule has 1 aliphatic heterocycles. The summed E-state index contributed by atoms with van der Waals surface area (Å²) < 4.78 is 5.42. The SMILES string of the molecule is NCCCc1coc(N2CCCC2)n1. The van der Waals surface area contributed by atoms with Gasteiger partial charge in [0.05, 0.1) is 5.69 Å². The van der Waals surface area contributed by atoms with Gasteiger partial charge in [0, 0.05) is 13.1 Å². The third-order valence-corrected chi connectivity index (χ3v) is 2.55. The fourth-order valence-electron chi connectivity index (χ4n) is 1.75. The van der Waals surface area contributed by atoms with Crippen molar-refractivity contribution in [2.24, 2.45) is 5.73 Å². The van der Waals surface area contributed by atoms with Gasteiger partial charge >= 0.3 is 0 Å². The van der Waals surface area contributed by atoms with Crippen LogP contribution in [-0.2, 0) is 6.42 Å². The van der Waals surface area contributed by atoms with Gasteiger partial charge in [-0.2, -0.15) is 4.98 Å². The molecule has 1 saturated heterocycles. The highest BCUT2D eigenvalue weighted by Gasteiger charge is 2.16. The average molecular weight is 195 g/mol. The van der Waals surface area contributed by atoms with Crippen molar-refractivity contribution in [2.45, 2.75) is 25.7 Å².